The maximum absolute atomic E-state index is 12.9. The summed E-state index contributed by atoms with van der Waals surface area (Å²) in [6.45, 7) is 2.98. The molecule has 0 unspecified atom stereocenters. The minimum atomic E-state index is 0.0717. The first-order valence-corrected chi connectivity index (χ1v) is 10.2. The lowest BCUT2D eigenvalue weighted by Gasteiger charge is -2.36. The summed E-state index contributed by atoms with van der Waals surface area (Å²) in [6, 6.07) is 5.99. The van der Waals surface area contributed by atoms with Gasteiger partial charge in [0.05, 0.1) is 0 Å². The maximum atomic E-state index is 12.9. The second kappa shape index (κ2) is 6.73. The van der Waals surface area contributed by atoms with E-state index in [-0.39, 0.29) is 30.5 Å². The molecule has 4 aliphatic rings. The lowest BCUT2D eigenvalue weighted by molar-refractivity contribution is -0.142. The van der Waals surface area contributed by atoms with Crippen LogP contribution in [0, 0.1) is 11.8 Å². The molecule has 2 aliphatic heterocycles. The van der Waals surface area contributed by atoms with Gasteiger partial charge in [0.2, 0.25) is 18.6 Å². The Balaban J connectivity index is 1.15. The fourth-order valence-electron chi connectivity index (χ4n) is 4.79. The molecule has 2 atom stereocenters. The molecule has 2 amide bonds. The first-order chi connectivity index (χ1) is 13.2. The van der Waals surface area contributed by atoms with E-state index < -0.39 is 0 Å². The second-order valence-corrected chi connectivity index (χ2v) is 8.19. The van der Waals surface area contributed by atoms with Crippen LogP contribution < -0.4 is 9.47 Å². The van der Waals surface area contributed by atoms with E-state index in [0.29, 0.717) is 32.1 Å². The molecule has 5 rings (SSSR count). The number of carbonyl (C=O) groups excluding carboxylic acids is 2. The second-order valence-electron chi connectivity index (χ2n) is 8.19. The van der Waals surface area contributed by atoms with Crippen molar-refractivity contribution in [2.45, 2.75) is 38.0 Å². The van der Waals surface area contributed by atoms with Crippen LogP contribution in [0.4, 0.5) is 0 Å². The molecule has 0 spiro atoms. The largest absolute Gasteiger partial charge is 0.454 e. The SMILES string of the molecule is O=C(C1CCCC1)N1CCN(C(=O)[C@H]2C[C@H]2c2ccc3c(c2)OCO3)CC1. The summed E-state index contributed by atoms with van der Waals surface area (Å²) in [5.74, 6) is 2.70. The van der Waals surface area contributed by atoms with Crippen molar-refractivity contribution in [1.29, 1.82) is 0 Å². The van der Waals surface area contributed by atoms with E-state index in [2.05, 4.69) is 0 Å². The lowest BCUT2D eigenvalue weighted by Crippen LogP contribution is -2.52. The Bertz CT molecular complexity index is 751. The molecule has 6 heteroatoms. The van der Waals surface area contributed by atoms with Crippen LogP contribution in [0.1, 0.15) is 43.6 Å². The van der Waals surface area contributed by atoms with Crippen molar-refractivity contribution in [1.82, 2.24) is 9.80 Å². The third-order valence-corrected chi connectivity index (χ3v) is 6.54. The molecule has 0 aromatic heterocycles. The molecule has 2 heterocycles. The molecule has 1 saturated heterocycles. The van der Waals surface area contributed by atoms with Crippen LogP contribution in [-0.2, 0) is 9.59 Å². The van der Waals surface area contributed by atoms with Crippen LogP contribution >= 0.6 is 0 Å². The summed E-state index contributed by atoms with van der Waals surface area (Å²) in [6.07, 6.45) is 5.34. The molecule has 144 valence electrons. The number of carbonyl (C=O) groups is 2. The molecule has 2 aliphatic carbocycles. The highest BCUT2D eigenvalue weighted by atomic mass is 16.7. The fourth-order valence-corrected chi connectivity index (χ4v) is 4.79. The van der Waals surface area contributed by atoms with Crippen molar-refractivity contribution in [2.75, 3.05) is 33.0 Å². The minimum absolute atomic E-state index is 0.0717. The Labute approximate surface area is 159 Å². The Morgan fingerprint density at radius 1 is 0.889 bits per heavy atom. The van der Waals surface area contributed by atoms with Gasteiger partial charge in [-0.1, -0.05) is 18.9 Å². The van der Waals surface area contributed by atoms with Crippen molar-refractivity contribution in [3.8, 4) is 11.5 Å². The summed E-state index contributed by atoms with van der Waals surface area (Å²) in [5.41, 5.74) is 1.16. The first-order valence-electron chi connectivity index (χ1n) is 10.2. The minimum Gasteiger partial charge on any atom is -0.454 e. The van der Waals surface area contributed by atoms with Crippen LogP contribution in [0.5, 0.6) is 11.5 Å². The molecule has 2 saturated carbocycles. The van der Waals surface area contributed by atoms with E-state index in [1.54, 1.807) is 0 Å². The van der Waals surface area contributed by atoms with E-state index in [0.717, 1.165) is 36.3 Å². The predicted molar refractivity (Wildman–Crippen MR) is 98.5 cm³/mol. The molecule has 0 N–H and O–H groups in total. The highest BCUT2D eigenvalue weighted by Crippen LogP contribution is 2.50. The average Bonchev–Trinajstić information content (AvgIpc) is 3.09. The summed E-state index contributed by atoms with van der Waals surface area (Å²) < 4.78 is 10.8. The van der Waals surface area contributed by atoms with Gasteiger partial charge in [-0.15, -0.1) is 0 Å². The van der Waals surface area contributed by atoms with Gasteiger partial charge in [-0.2, -0.15) is 0 Å². The van der Waals surface area contributed by atoms with Gasteiger partial charge in [0.1, 0.15) is 0 Å². The Kier molecular flexibility index (Phi) is 4.21. The van der Waals surface area contributed by atoms with Gasteiger partial charge < -0.3 is 19.3 Å². The maximum Gasteiger partial charge on any atom is 0.231 e. The quantitative estimate of drug-likeness (QED) is 0.820. The normalized spacial score (nSPS) is 27.1. The molecule has 6 nitrogen and oxygen atoms in total. The van der Waals surface area contributed by atoms with Crippen LogP contribution in [0.15, 0.2) is 18.2 Å². The Morgan fingerprint density at radius 3 is 2.30 bits per heavy atom. The van der Waals surface area contributed by atoms with Crippen molar-refractivity contribution in [3.05, 3.63) is 23.8 Å². The number of nitrogens with zero attached hydrogens (tertiary/aromatic N) is 2. The Morgan fingerprint density at radius 2 is 1.56 bits per heavy atom. The van der Waals surface area contributed by atoms with E-state index in [1.165, 1.54) is 12.8 Å². The van der Waals surface area contributed by atoms with Gasteiger partial charge in [-0.05, 0) is 42.9 Å². The van der Waals surface area contributed by atoms with Crippen LogP contribution in [0.3, 0.4) is 0 Å². The fraction of sp³-hybridized carbons (Fsp3) is 0.619. The molecule has 1 aromatic carbocycles. The number of fused-ring (bicyclic) bond motifs is 1. The highest BCUT2D eigenvalue weighted by Gasteiger charge is 2.46. The van der Waals surface area contributed by atoms with Crippen molar-refractivity contribution >= 4 is 11.8 Å². The zero-order valence-electron chi connectivity index (χ0n) is 15.6. The summed E-state index contributed by atoms with van der Waals surface area (Å²) >= 11 is 0. The van der Waals surface area contributed by atoms with Crippen molar-refractivity contribution in [3.63, 3.8) is 0 Å². The van der Waals surface area contributed by atoms with Crippen molar-refractivity contribution < 1.29 is 19.1 Å². The van der Waals surface area contributed by atoms with E-state index >= 15 is 0 Å². The predicted octanol–water partition coefficient (Wildman–Crippen LogP) is 2.38. The number of rotatable bonds is 3. The standard InChI is InChI=1S/C21H26N2O4/c24-20(14-3-1-2-4-14)22-7-9-23(10-8-22)21(25)17-12-16(17)15-5-6-18-19(11-15)27-13-26-18/h5-6,11,14,16-17H,1-4,7-10,12-13H2/t16-,17-/m0/s1. The smallest absolute Gasteiger partial charge is 0.231 e. The van der Waals surface area contributed by atoms with Crippen molar-refractivity contribution in [2.24, 2.45) is 11.8 Å². The number of amides is 2. The van der Waals surface area contributed by atoms with Gasteiger partial charge >= 0.3 is 0 Å². The lowest BCUT2D eigenvalue weighted by atomic mass is 10.1. The summed E-state index contributed by atoms with van der Waals surface area (Å²) in [5, 5.41) is 0. The van der Waals surface area contributed by atoms with Gasteiger partial charge in [0.15, 0.2) is 11.5 Å². The molecular formula is C21H26N2O4. The number of hydrogen-bond donors (Lipinski definition) is 0. The monoisotopic (exact) mass is 370 g/mol. The zero-order chi connectivity index (χ0) is 18.4. The van der Waals surface area contributed by atoms with E-state index in [9.17, 15) is 9.59 Å². The molecular weight excluding hydrogens is 344 g/mol. The van der Waals surface area contributed by atoms with Crippen LogP contribution in [-0.4, -0.2) is 54.6 Å². The molecule has 1 aromatic rings. The number of ether oxygens (including phenoxy) is 2. The average molecular weight is 370 g/mol. The summed E-state index contributed by atoms with van der Waals surface area (Å²) in [4.78, 5) is 29.4. The Hall–Kier alpha value is -2.24. The third kappa shape index (κ3) is 3.15. The molecule has 3 fully saturated rings. The van der Waals surface area contributed by atoms with E-state index in [1.807, 2.05) is 28.0 Å². The number of benzene rings is 1. The number of hydrogen-bond acceptors (Lipinski definition) is 4. The van der Waals surface area contributed by atoms with Gasteiger partial charge in [-0.25, -0.2) is 0 Å². The third-order valence-electron chi connectivity index (χ3n) is 6.54. The highest BCUT2D eigenvalue weighted by molar-refractivity contribution is 5.84. The topological polar surface area (TPSA) is 59.1 Å². The summed E-state index contributed by atoms with van der Waals surface area (Å²) in [7, 11) is 0. The van der Waals surface area contributed by atoms with Gasteiger partial charge in [-0.3, -0.25) is 9.59 Å². The van der Waals surface area contributed by atoms with Gasteiger partial charge in [0, 0.05) is 38.0 Å². The van der Waals surface area contributed by atoms with Crippen LogP contribution in [0.2, 0.25) is 0 Å². The number of piperazine rings is 1. The first kappa shape index (κ1) is 16.9. The van der Waals surface area contributed by atoms with E-state index in [4.69, 9.17) is 9.47 Å². The van der Waals surface area contributed by atoms with Gasteiger partial charge in [0.25, 0.3) is 0 Å². The molecule has 27 heavy (non-hydrogen) atoms. The zero-order valence-corrected chi connectivity index (χ0v) is 15.6. The van der Waals surface area contributed by atoms with Crippen LogP contribution in [0.25, 0.3) is 0 Å². The molecule has 0 bridgehead atoms. The molecule has 0 radical (unpaired) electrons.